The number of thioether (sulfide) groups is 1. The zero-order chi connectivity index (χ0) is 30.3. The maximum Gasteiger partial charge on any atom is 0.294 e. The van der Waals surface area contributed by atoms with Gasteiger partial charge in [-0.1, -0.05) is 23.7 Å². The van der Waals surface area contributed by atoms with Gasteiger partial charge in [0.05, 0.1) is 28.3 Å². The van der Waals surface area contributed by atoms with E-state index >= 15 is 0 Å². The van der Waals surface area contributed by atoms with Crippen molar-refractivity contribution < 1.29 is 28.6 Å². The number of benzene rings is 3. The van der Waals surface area contributed by atoms with E-state index in [1.807, 2.05) is 37.3 Å². The summed E-state index contributed by atoms with van der Waals surface area (Å²) in [5.74, 6) is 0.118. The van der Waals surface area contributed by atoms with Gasteiger partial charge in [-0.15, -0.1) is 0 Å². The minimum Gasteiger partial charge on any atom is -0.490 e. The number of nitrogens with zero attached hydrogens (tertiary/aromatic N) is 2. The molecule has 0 saturated carbocycles. The first kappa shape index (κ1) is 31.2. The summed E-state index contributed by atoms with van der Waals surface area (Å²) < 4.78 is 18.1. The first-order valence-corrected chi connectivity index (χ1v) is 15.9. The summed E-state index contributed by atoms with van der Waals surface area (Å²) in [5, 5.41) is 2.92. The molecule has 3 aromatic carbocycles. The Bertz CT molecular complexity index is 1530. The number of carbonyl (C=O) groups is 3. The summed E-state index contributed by atoms with van der Waals surface area (Å²) in [6.07, 6.45) is 1.63. The first-order valence-electron chi connectivity index (χ1n) is 13.6. The Balaban J connectivity index is 1.23. The number of halogens is 2. The van der Waals surface area contributed by atoms with Crippen molar-refractivity contribution in [3.8, 4) is 11.5 Å². The predicted octanol–water partition coefficient (Wildman–Crippen LogP) is 6.43. The third kappa shape index (κ3) is 8.02. The van der Waals surface area contributed by atoms with Crippen molar-refractivity contribution in [3.63, 3.8) is 0 Å². The van der Waals surface area contributed by atoms with Crippen molar-refractivity contribution in [2.24, 2.45) is 0 Å². The van der Waals surface area contributed by atoms with Gasteiger partial charge in [0, 0.05) is 29.5 Å². The van der Waals surface area contributed by atoms with E-state index in [4.69, 9.17) is 25.8 Å². The van der Waals surface area contributed by atoms with E-state index in [1.54, 1.807) is 36.4 Å². The molecule has 1 N–H and O–H groups in total. The molecular formula is C31H29ClIN3O6S. The van der Waals surface area contributed by atoms with E-state index in [9.17, 15) is 14.4 Å². The second kappa shape index (κ2) is 14.5. The lowest BCUT2D eigenvalue weighted by Gasteiger charge is -2.28. The van der Waals surface area contributed by atoms with Crippen molar-refractivity contribution in [2.75, 3.05) is 49.7 Å². The average molecular weight is 734 g/mol. The molecule has 5 rings (SSSR count). The van der Waals surface area contributed by atoms with Gasteiger partial charge in [-0.25, -0.2) is 0 Å². The number of nitrogens with one attached hydrogen (secondary N) is 1. The molecule has 2 saturated heterocycles. The molecule has 0 radical (unpaired) electrons. The van der Waals surface area contributed by atoms with Gasteiger partial charge >= 0.3 is 0 Å². The van der Waals surface area contributed by atoms with Crippen LogP contribution in [0.3, 0.4) is 0 Å². The Labute approximate surface area is 272 Å². The van der Waals surface area contributed by atoms with Crippen LogP contribution < -0.4 is 19.7 Å². The van der Waals surface area contributed by atoms with Crippen LogP contribution in [0.15, 0.2) is 65.6 Å². The van der Waals surface area contributed by atoms with Gasteiger partial charge in [-0.2, -0.15) is 0 Å². The van der Waals surface area contributed by atoms with Crippen molar-refractivity contribution in [1.29, 1.82) is 0 Å². The summed E-state index contributed by atoms with van der Waals surface area (Å²) in [5.41, 5.74) is 3.25. The van der Waals surface area contributed by atoms with Crippen molar-refractivity contribution in [1.82, 2.24) is 4.90 Å². The molecule has 12 heteroatoms. The number of amides is 3. The minimum atomic E-state index is -0.524. The molecule has 0 aliphatic carbocycles. The number of anilines is 2. The minimum absolute atomic E-state index is 0.223. The van der Waals surface area contributed by atoms with Crippen LogP contribution in [-0.2, 0) is 20.9 Å². The molecule has 0 spiro atoms. The highest BCUT2D eigenvalue weighted by atomic mass is 127. The lowest BCUT2D eigenvalue weighted by atomic mass is 10.1. The Morgan fingerprint density at radius 3 is 2.49 bits per heavy atom. The maximum absolute atomic E-state index is 13.1. The van der Waals surface area contributed by atoms with Crippen LogP contribution >= 0.6 is 46.0 Å². The molecule has 0 bridgehead atoms. The molecule has 0 unspecified atom stereocenters. The Morgan fingerprint density at radius 1 is 1.07 bits per heavy atom. The first-order chi connectivity index (χ1) is 20.8. The van der Waals surface area contributed by atoms with Gasteiger partial charge in [0.15, 0.2) is 11.5 Å². The number of morpholine rings is 1. The Hall–Kier alpha value is -3.26. The second-order valence-electron chi connectivity index (χ2n) is 9.64. The fourth-order valence-corrected chi connectivity index (χ4v) is 6.26. The molecule has 3 aromatic rings. The molecule has 0 atom stereocenters. The second-order valence-corrected chi connectivity index (χ2v) is 12.2. The molecule has 2 heterocycles. The highest BCUT2D eigenvalue weighted by molar-refractivity contribution is 14.1. The quantitative estimate of drug-likeness (QED) is 0.188. The number of imide groups is 1. The standard InChI is InChI=1S/C31H29ClIN3O6S/c1-2-41-26-16-21(15-25(33)29(26)42-19-20-3-5-22(32)6-4-20)17-27-30(38)36(31(39)43-27)18-28(37)34-23-7-9-24(10-8-23)35-11-13-40-14-12-35/h3-10,15-17H,2,11-14,18-19H2,1H3,(H,34,37)/b27-17+. The third-order valence-corrected chi connectivity index (χ3v) is 8.59. The van der Waals surface area contributed by atoms with Crippen LogP contribution in [0.25, 0.3) is 6.08 Å². The van der Waals surface area contributed by atoms with Crippen molar-refractivity contribution in [2.45, 2.75) is 13.5 Å². The Morgan fingerprint density at radius 2 is 1.79 bits per heavy atom. The van der Waals surface area contributed by atoms with Gasteiger partial charge in [-0.3, -0.25) is 19.3 Å². The molecule has 0 aromatic heterocycles. The molecule has 9 nitrogen and oxygen atoms in total. The predicted molar refractivity (Wildman–Crippen MR) is 177 cm³/mol. The monoisotopic (exact) mass is 733 g/mol. The molecule has 3 amide bonds. The van der Waals surface area contributed by atoms with Crippen molar-refractivity contribution >= 4 is 80.5 Å². The highest BCUT2D eigenvalue weighted by Crippen LogP contribution is 2.38. The van der Waals surface area contributed by atoms with E-state index in [1.165, 1.54) is 0 Å². The van der Waals surface area contributed by atoms with Gasteiger partial charge in [0.2, 0.25) is 5.91 Å². The fourth-order valence-electron chi connectivity index (χ4n) is 4.52. The van der Waals surface area contributed by atoms with E-state index < -0.39 is 17.1 Å². The number of ether oxygens (including phenoxy) is 3. The van der Waals surface area contributed by atoms with Crippen LogP contribution in [0.1, 0.15) is 18.1 Å². The zero-order valence-corrected chi connectivity index (χ0v) is 27.0. The highest BCUT2D eigenvalue weighted by Gasteiger charge is 2.36. The van der Waals surface area contributed by atoms with Crippen LogP contribution in [0.5, 0.6) is 11.5 Å². The van der Waals surface area contributed by atoms with Gasteiger partial charge in [0.1, 0.15) is 13.2 Å². The average Bonchev–Trinajstić information content (AvgIpc) is 3.25. The molecule has 2 fully saturated rings. The molecule has 2 aliphatic heterocycles. The van der Waals surface area contributed by atoms with Crippen LogP contribution in [0.2, 0.25) is 5.02 Å². The van der Waals surface area contributed by atoms with E-state index in [0.717, 1.165) is 44.6 Å². The van der Waals surface area contributed by atoms with Crippen LogP contribution in [-0.4, -0.2) is 61.4 Å². The summed E-state index contributed by atoms with van der Waals surface area (Å²) in [4.78, 5) is 42.0. The number of rotatable bonds is 10. The molecule has 224 valence electrons. The summed E-state index contributed by atoms with van der Waals surface area (Å²) >= 11 is 8.93. The number of carbonyl (C=O) groups excluding carboxylic acids is 3. The SMILES string of the molecule is CCOc1cc(/C=C2/SC(=O)N(CC(=O)Nc3ccc(N4CCOCC4)cc3)C2=O)cc(I)c1OCc1ccc(Cl)cc1. The third-order valence-electron chi connectivity index (χ3n) is 6.63. The lowest BCUT2D eigenvalue weighted by Crippen LogP contribution is -2.36. The number of hydrogen-bond donors (Lipinski definition) is 1. The normalized spacial score (nSPS) is 16.1. The number of hydrogen-bond acceptors (Lipinski definition) is 8. The summed E-state index contributed by atoms with van der Waals surface area (Å²) in [6.45, 7) is 5.22. The largest absolute Gasteiger partial charge is 0.490 e. The van der Waals surface area contributed by atoms with Gasteiger partial charge < -0.3 is 24.4 Å². The van der Waals surface area contributed by atoms with Crippen molar-refractivity contribution in [3.05, 3.63) is 85.3 Å². The maximum atomic E-state index is 13.1. The summed E-state index contributed by atoms with van der Waals surface area (Å²) in [6, 6.07) is 18.5. The van der Waals surface area contributed by atoms with E-state index in [0.29, 0.717) is 54.2 Å². The smallest absolute Gasteiger partial charge is 0.294 e. The van der Waals surface area contributed by atoms with E-state index in [2.05, 4.69) is 32.8 Å². The lowest BCUT2D eigenvalue weighted by molar-refractivity contribution is -0.127. The molecular weight excluding hydrogens is 705 g/mol. The van der Waals surface area contributed by atoms with Crippen LogP contribution in [0, 0.1) is 3.57 Å². The fraction of sp³-hybridized carbons (Fsp3) is 0.258. The van der Waals surface area contributed by atoms with Gasteiger partial charge in [-0.05, 0) is 107 Å². The topological polar surface area (TPSA) is 97.4 Å². The van der Waals surface area contributed by atoms with Crippen LogP contribution in [0.4, 0.5) is 16.2 Å². The zero-order valence-electron chi connectivity index (χ0n) is 23.3. The van der Waals surface area contributed by atoms with Gasteiger partial charge in [0.25, 0.3) is 11.1 Å². The molecule has 2 aliphatic rings. The summed E-state index contributed by atoms with van der Waals surface area (Å²) in [7, 11) is 0. The Kier molecular flexibility index (Phi) is 10.5. The van der Waals surface area contributed by atoms with E-state index in [-0.39, 0.29) is 11.4 Å². The molecule has 43 heavy (non-hydrogen) atoms.